The van der Waals surface area contributed by atoms with Crippen LogP contribution in [0.1, 0.15) is 26.3 Å². The highest BCUT2D eigenvalue weighted by atomic mass is 79.9. The van der Waals surface area contributed by atoms with Crippen molar-refractivity contribution in [3.63, 3.8) is 0 Å². The van der Waals surface area contributed by atoms with Crippen molar-refractivity contribution >= 4 is 32.6 Å². The van der Waals surface area contributed by atoms with Gasteiger partial charge >= 0.3 is 0 Å². The number of nitrogens with zero attached hydrogens (tertiary/aromatic N) is 1. The minimum atomic E-state index is -1.47. The van der Waals surface area contributed by atoms with Crippen LogP contribution < -0.4 is 0 Å². The summed E-state index contributed by atoms with van der Waals surface area (Å²) in [7, 11) is -1.47. The van der Waals surface area contributed by atoms with Gasteiger partial charge in [-0.2, -0.15) is 4.40 Å². The molecule has 0 spiro atoms. The van der Waals surface area contributed by atoms with E-state index in [-0.39, 0.29) is 5.71 Å². The Morgan fingerprint density at radius 2 is 1.88 bits per heavy atom. The van der Waals surface area contributed by atoms with Crippen molar-refractivity contribution in [1.29, 1.82) is 0 Å². The first kappa shape index (κ1) is 14.5. The Labute approximate surface area is 112 Å². The summed E-state index contributed by atoms with van der Waals surface area (Å²) in [6.45, 7) is 5.41. The van der Waals surface area contributed by atoms with Crippen molar-refractivity contribution < 1.29 is 8.60 Å². The Morgan fingerprint density at radius 1 is 1.35 bits per heavy atom. The third-order valence-corrected chi connectivity index (χ3v) is 3.83. The minimum Gasteiger partial charge on any atom is -0.234 e. The topological polar surface area (TPSA) is 29.4 Å². The molecule has 0 N–H and O–H groups in total. The summed E-state index contributed by atoms with van der Waals surface area (Å²) in [6.07, 6.45) is 0. The molecule has 2 atom stereocenters. The molecule has 0 saturated heterocycles. The molecule has 0 aliphatic carbocycles. The van der Waals surface area contributed by atoms with Crippen molar-refractivity contribution in [3.05, 3.63) is 35.9 Å². The van der Waals surface area contributed by atoms with Crippen molar-refractivity contribution in [1.82, 2.24) is 0 Å². The Hall–Kier alpha value is -0.550. The van der Waals surface area contributed by atoms with Gasteiger partial charge in [0.05, 0.1) is 4.75 Å². The zero-order chi connectivity index (χ0) is 13.1. The first-order valence-electron chi connectivity index (χ1n) is 5.16. The van der Waals surface area contributed by atoms with E-state index in [0.717, 1.165) is 0 Å². The molecule has 0 heterocycles. The maximum atomic E-state index is 13.5. The van der Waals surface area contributed by atoms with E-state index in [1.807, 2.05) is 6.07 Å². The lowest BCUT2D eigenvalue weighted by molar-refractivity contribution is 0.550. The fourth-order valence-electron chi connectivity index (χ4n) is 1.05. The first-order valence-corrected chi connectivity index (χ1v) is 7.19. The number of hydrogen-bond acceptors (Lipinski definition) is 1. The van der Waals surface area contributed by atoms with Crippen molar-refractivity contribution in [3.8, 4) is 0 Å². The van der Waals surface area contributed by atoms with Gasteiger partial charge in [0.15, 0.2) is 5.08 Å². The molecule has 1 unspecified atom stereocenters. The van der Waals surface area contributed by atoms with Crippen molar-refractivity contribution in [2.24, 2.45) is 4.40 Å². The molecule has 0 amide bonds. The van der Waals surface area contributed by atoms with Gasteiger partial charge in [0, 0.05) is 5.56 Å². The van der Waals surface area contributed by atoms with Crippen LogP contribution in [-0.2, 0) is 11.0 Å². The molecule has 1 aromatic rings. The largest absolute Gasteiger partial charge is 0.234 e. The predicted octanol–water partition coefficient (Wildman–Crippen LogP) is 3.63. The van der Waals surface area contributed by atoms with Crippen LogP contribution in [0.15, 0.2) is 34.7 Å². The Morgan fingerprint density at radius 3 is 2.29 bits per heavy atom. The average molecular weight is 320 g/mol. The molecule has 0 aromatic heterocycles. The molecular formula is C12H15BrFNOS. The fraction of sp³-hybridized carbons (Fsp3) is 0.417. The number of benzene rings is 1. The summed E-state index contributed by atoms with van der Waals surface area (Å²) in [4.78, 5) is 0. The lowest BCUT2D eigenvalue weighted by Crippen LogP contribution is -2.22. The summed E-state index contributed by atoms with van der Waals surface area (Å²) < 4.78 is 28.8. The van der Waals surface area contributed by atoms with Crippen LogP contribution in [0, 0.1) is 0 Å². The van der Waals surface area contributed by atoms with Gasteiger partial charge in [0.2, 0.25) is 0 Å². The molecule has 17 heavy (non-hydrogen) atoms. The number of rotatable bonds is 3. The van der Waals surface area contributed by atoms with Crippen molar-refractivity contribution in [2.75, 3.05) is 0 Å². The second-order valence-electron chi connectivity index (χ2n) is 4.50. The summed E-state index contributed by atoms with van der Waals surface area (Å²) >= 11 is 2.84. The lowest BCUT2D eigenvalue weighted by atomic mass is 10.1. The molecule has 0 aliphatic heterocycles. The van der Waals surface area contributed by atoms with Gasteiger partial charge < -0.3 is 0 Å². The van der Waals surface area contributed by atoms with E-state index in [2.05, 4.69) is 20.3 Å². The molecule has 5 heteroatoms. The van der Waals surface area contributed by atoms with Crippen LogP contribution in [0.4, 0.5) is 4.39 Å². The Kier molecular flexibility index (Phi) is 5.01. The van der Waals surface area contributed by atoms with Gasteiger partial charge in [-0.1, -0.05) is 30.3 Å². The molecule has 1 aromatic carbocycles. The summed E-state index contributed by atoms with van der Waals surface area (Å²) in [6, 6.07) is 8.91. The molecule has 0 bridgehead atoms. The molecule has 0 radical (unpaired) electrons. The summed E-state index contributed by atoms with van der Waals surface area (Å²) in [5, 5.41) is -1.42. The smallest absolute Gasteiger partial charge is 0.198 e. The van der Waals surface area contributed by atoms with Gasteiger partial charge in [-0.15, -0.1) is 0 Å². The van der Waals surface area contributed by atoms with E-state index in [1.54, 1.807) is 45.0 Å². The molecule has 0 saturated carbocycles. The zero-order valence-corrected chi connectivity index (χ0v) is 12.4. The number of alkyl halides is 2. The molecule has 0 fully saturated rings. The summed E-state index contributed by atoms with van der Waals surface area (Å²) in [5.41, 5.74) is 0.799. The third kappa shape index (κ3) is 4.32. The van der Waals surface area contributed by atoms with E-state index in [4.69, 9.17) is 0 Å². The third-order valence-electron chi connectivity index (χ3n) is 1.98. The van der Waals surface area contributed by atoms with Gasteiger partial charge in [-0.25, -0.2) is 8.60 Å². The average Bonchev–Trinajstić information content (AvgIpc) is 2.25. The van der Waals surface area contributed by atoms with Crippen LogP contribution in [-0.4, -0.2) is 19.7 Å². The Balaban J connectivity index is 3.12. The van der Waals surface area contributed by atoms with E-state index in [1.165, 1.54) is 0 Å². The van der Waals surface area contributed by atoms with Crippen LogP contribution in [0.2, 0.25) is 0 Å². The highest BCUT2D eigenvalue weighted by Crippen LogP contribution is 2.18. The fourth-order valence-corrected chi connectivity index (χ4v) is 2.21. The Bertz CT molecular complexity index is 426. The van der Waals surface area contributed by atoms with E-state index in [9.17, 15) is 8.60 Å². The summed E-state index contributed by atoms with van der Waals surface area (Å²) in [5.74, 6) is 0. The van der Waals surface area contributed by atoms with Crippen LogP contribution in [0.25, 0.3) is 0 Å². The monoisotopic (exact) mass is 319 g/mol. The maximum Gasteiger partial charge on any atom is 0.198 e. The van der Waals surface area contributed by atoms with E-state index < -0.39 is 20.8 Å². The van der Waals surface area contributed by atoms with Gasteiger partial charge in [0.25, 0.3) is 0 Å². The standard InChI is InChI=1S/C12H15BrFNOS/c1-12(2,3)17(16)15-10(11(13)14)9-7-5-4-6-8-9/h4-8,11H,1-3H3/b15-10+/t11?,17-/m0/s1. The number of hydrogen-bond donors (Lipinski definition) is 0. The molecule has 1 rings (SSSR count). The van der Waals surface area contributed by atoms with Gasteiger partial charge in [-0.3, -0.25) is 0 Å². The SMILES string of the molecule is CC(C)(C)[S@](=O)/N=C(\c1ccccc1)C(F)Br. The predicted molar refractivity (Wildman–Crippen MR) is 74.7 cm³/mol. The van der Waals surface area contributed by atoms with Crippen LogP contribution >= 0.6 is 15.9 Å². The number of halogens is 2. The normalized spacial score (nSPS) is 16.6. The molecule has 94 valence electrons. The van der Waals surface area contributed by atoms with E-state index in [0.29, 0.717) is 5.56 Å². The first-order chi connectivity index (χ1) is 7.82. The van der Waals surface area contributed by atoms with E-state index >= 15 is 0 Å². The van der Waals surface area contributed by atoms with Crippen LogP contribution in [0.3, 0.4) is 0 Å². The zero-order valence-electron chi connectivity index (χ0n) is 9.98. The molecular weight excluding hydrogens is 305 g/mol. The van der Waals surface area contributed by atoms with Crippen molar-refractivity contribution in [2.45, 2.75) is 30.6 Å². The second kappa shape index (κ2) is 5.87. The maximum absolute atomic E-state index is 13.5. The highest BCUT2D eigenvalue weighted by Gasteiger charge is 2.22. The highest BCUT2D eigenvalue weighted by molar-refractivity contribution is 9.09. The second-order valence-corrected chi connectivity index (χ2v) is 7.21. The minimum absolute atomic E-state index is 0.166. The van der Waals surface area contributed by atoms with Gasteiger partial charge in [0.1, 0.15) is 16.7 Å². The molecule has 0 aliphatic rings. The van der Waals surface area contributed by atoms with Gasteiger partial charge in [-0.05, 0) is 36.7 Å². The molecule has 2 nitrogen and oxygen atoms in total. The van der Waals surface area contributed by atoms with Crippen LogP contribution in [0.5, 0.6) is 0 Å². The lowest BCUT2D eigenvalue weighted by Gasteiger charge is -2.15. The quantitative estimate of drug-likeness (QED) is 0.618.